The number of hydrogen-bond acceptors (Lipinski definition) is 6. The van der Waals surface area contributed by atoms with E-state index in [2.05, 4.69) is 104 Å². The third kappa shape index (κ3) is 7.67. The fraction of sp³-hybridized carbons (Fsp3) is 0.442. The third-order valence-electron chi connectivity index (χ3n) is 10.3. The van der Waals surface area contributed by atoms with Crippen molar-refractivity contribution in [3.63, 3.8) is 0 Å². The number of rotatable bonds is 12. The molecule has 0 aromatic heterocycles. The molecular weight excluding hydrogens is 674 g/mol. The summed E-state index contributed by atoms with van der Waals surface area (Å²) in [5.41, 5.74) is 9.20. The van der Waals surface area contributed by atoms with Crippen LogP contribution in [0.5, 0.6) is 23.0 Å². The van der Waals surface area contributed by atoms with Gasteiger partial charge in [-0.1, -0.05) is 48.5 Å². The van der Waals surface area contributed by atoms with Crippen LogP contribution in [0, 0.1) is 55.4 Å². The van der Waals surface area contributed by atoms with Crippen molar-refractivity contribution < 1.29 is 28.4 Å². The molecule has 1 heterocycles. The minimum absolute atomic E-state index is 0.158. The maximum atomic E-state index is 6.93. The standard InChI is InChI=1S/C43H56O6P2/c1-25-15-19-35(29(5)39(25)44-11)50(36-20-16-26(2)40(45-12)30(36)6)23-33-34(49-43(9,10)48-33)24-51(37-21-17-27(3)41(46-13)31(37)7)38-22-18-28(4)42(47-14)32(38)8/h15-22,33-34H,23-24H2,1-14H3/t33-,34-/m0/s1. The monoisotopic (exact) mass is 730 g/mol. The van der Waals surface area contributed by atoms with Gasteiger partial charge in [-0.25, -0.2) is 0 Å². The van der Waals surface area contributed by atoms with Gasteiger partial charge in [0, 0.05) is 12.3 Å². The van der Waals surface area contributed by atoms with E-state index >= 15 is 0 Å². The van der Waals surface area contributed by atoms with Gasteiger partial charge < -0.3 is 28.4 Å². The summed E-state index contributed by atoms with van der Waals surface area (Å²) in [5.74, 6) is 3.01. The van der Waals surface area contributed by atoms with Crippen LogP contribution in [0.15, 0.2) is 48.5 Å². The van der Waals surface area contributed by atoms with Crippen molar-refractivity contribution >= 4 is 37.1 Å². The van der Waals surface area contributed by atoms with Gasteiger partial charge in [0.25, 0.3) is 0 Å². The molecule has 8 heteroatoms. The molecule has 51 heavy (non-hydrogen) atoms. The summed E-state index contributed by atoms with van der Waals surface area (Å²) in [6.07, 6.45) is 1.27. The van der Waals surface area contributed by atoms with E-state index in [9.17, 15) is 0 Å². The van der Waals surface area contributed by atoms with Crippen LogP contribution in [0.1, 0.15) is 58.4 Å². The summed E-state index contributed by atoms with van der Waals surface area (Å²) < 4.78 is 37.7. The lowest BCUT2D eigenvalue weighted by molar-refractivity contribution is -0.142. The van der Waals surface area contributed by atoms with Crippen molar-refractivity contribution in [1.82, 2.24) is 0 Å². The highest BCUT2D eigenvalue weighted by molar-refractivity contribution is 7.73. The Labute approximate surface area is 308 Å². The molecule has 5 rings (SSSR count). The van der Waals surface area contributed by atoms with Crippen LogP contribution in [0.25, 0.3) is 0 Å². The molecule has 1 aliphatic rings. The van der Waals surface area contributed by atoms with E-state index in [1.54, 1.807) is 28.4 Å². The zero-order chi connectivity index (χ0) is 37.4. The Morgan fingerprint density at radius 3 is 0.902 bits per heavy atom. The van der Waals surface area contributed by atoms with Gasteiger partial charge in [-0.15, -0.1) is 0 Å². The fourth-order valence-electron chi connectivity index (χ4n) is 7.92. The van der Waals surface area contributed by atoms with E-state index < -0.39 is 21.6 Å². The SMILES string of the molecule is COc1c(C)ccc(P(C[C@@H]2OC(C)(C)O[C@H]2CP(c2ccc(C)c(OC)c2C)c2ccc(C)c(OC)c2C)c2ccc(C)c(OC)c2C)c1C. The molecule has 0 radical (unpaired) electrons. The van der Waals surface area contributed by atoms with Gasteiger partial charge in [-0.3, -0.25) is 0 Å². The summed E-state index contributed by atoms with van der Waals surface area (Å²) in [4.78, 5) is 0. The second kappa shape index (κ2) is 15.8. The molecule has 1 saturated heterocycles. The van der Waals surface area contributed by atoms with Crippen LogP contribution in [0.3, 0.4) is 0 Å². The Balaban J connectivity index is 1.66. The number of aryl methyl sites for hydroxylation is 4. The van der Waals surface area contributed by atoms with E-state index in [1.165, 1.54) is 43.5 Å². The van der Waals surface area contributed by atoms with Gasteiger partial charge in [0.15, 0.2) is 5.79 Å². The molecule has 0 spiro atoms. The van der Waals surface area contributed by atoms with Crippen molar-refractivity contribution in [3.05, 3.63) is 93.0 Å². The molecule has 4 aromatic carbocycles. The lowest BCUT2D eigenvalue weighted by Crippen LogP contribution is -2.35. The highest BCUT2D eigenvalue weighted by Gasteiger charge is 2.44. The molecule has 0 unspecified atom stereocenters. The van der Waals surface area contributed by atoms with Crippen molar-refractivity contribution in [2.45, 2.75) is 87.2 Å². The maximum Gasteiger partial charge on any atom is 0.163 e. The molecule has 1 aliphatic heterocycles. The van der Waals surface area contributed by atoms with Crippen molar-refractivity contribution in [1.29, 1.82) is 0 Å². The van der Waals surface area contributed by atoms with Crippen molar-refractivity contribution in [2.24, 2.45) is 0 Å². The van der Waals surface area contributed by atoms with E-state index in [0.29, 0.717) is 0 Å². The van der Waals surface area contributed by atoms with Gasteiger partial charge in [0.1, 0.15) is 23.0 Å². The molecule has 2 atom stereocenters. The van der Waals surface area contributed by atoms with Gasteiger partial charge in [0.2, 0.25) is 0 Å². The van der Waals surface area contributed by atoms with E-state index in [1.807, 2.05) is 13.8 Å². The number of benzene rings is 4. The van der Waals surface area contributed by atoms with Crippen molar-refractivity contribution in [2.75, 3.05) is 40.8 Å². The number of methoxy groups -OCH3 is 4. The fourth-order valence-corrected chi connectivity index (χ4v) is 13.6. The first kappa shape index (κ1) is 39.1. The lowest BCUT2D eigenvalue weighted by Gasteiger charge is -2.31. The minimum atomic E-state index is -0.908. The Hall–Kier alpha value is -3.14. The highest BCUT2D eigenvalue weighted by atomic mass is 31.1. The minimum Gasteiger partial charge on any atom is -0.496 e. The molecule has 0 N–H and O–H groups in total. The zero-order valence-corrected chi connectivity index (χ0v) is 34.8. The smallest absolute Gasteiger partial charge is 0.163 e. The summed E-state index contributed by atoms with van der Waals surface area (Å²) in [6, 6.07) is 17.9. The van der Waals surface area contributed by atoms with Crippen LogP contribution in [0.4, 0.5) is 0 Å². The van der Waals surface area contributed by atoms with Gasteiger partial charge in [-0.2, -0.15) is 0 Å². The summed E-state index contributed by atoms with van der Waals surface area (Å²) in [5, 5.41) is 5.14. The van der Waals surface area contributed by atoms with Crippen LogP contribution in [-0.2, 0) is 9.47 Å². The average Bonchev–Trinajstić information content (AvgIpc) is 3.36. The van der Waals surface area contributed by atoms with Gasteiger partial charge >= 0.3 is 0 Å². The molecular formula is C43H56O6P2. The Morgan fingerprint density at radius 2 is 0.686 bits per heavy atom. The number of ether oxygens (including phenoxy) is 6. The molecule has 0 saturated carbocycles. The van der Waals surface area contributed by atoms with E-state index in [-0.39, 0.29) is 12.2 Å². The first-order valence-corrected chi connectivity index (χ1v) is 20.7. The normalized spacial score (nSPS) is 16.9. The Morgan fingerprint density at radius 1 is 0.451 bits per heavy atom. The quantitative estimate of drug-likeness (QED) is 0.137. The molecule has 274 valence electrons. The zero-order valence-electron chi connectivity index (χ0n) is 33.0. The first-order valence-electron chi connectivity index (χ1n) is 17.6. The summed E-state index contributed by atoms with van der Waals surface area (Å²) >= 11 is 0. The van der Waals surface area contributed by atoms with Crippen LogP contribution in [0.2, 0.25) is 0 Å². The Bertz CT molecular complexity index is 1650. The second-order valence-electron chi connectivity index (χ2n) is 14.2. The topological polar surface area (TPSA) is 55.4 Å². The van der Waals surface area contributed by atoms with E-state index in [4.69, 9.17) is 28.4 Å². The molecule has 0 bridgehead atoms. The molecule has 0 aliphatic carbocycles. The lowest BCUT2D eigenvalue weighted by atomic mass is 10.1. The average molecular weight is 731 g/mol. The van der Waals surface area contributed by atoms with Gasteiger partial charge in [-0.05, 0) is 151 Å². The second-order valence-corrected chi connectivity index (χ2v) is 18.5. The molecule has 6 nitrogen and oxygen atoms in total. The van der Waals surface area contributed by atoms with Crippen LogP contribution < -0.4 is 40.2 Å². The maximum absolute atomic E-state index is 6.93. The molecule has 0 amide bonds. The van der Waals surface area contributed by atoms with Gasteiger partial charge in [0.05, 0.1) is 40.6 Å². The predicted molar refractivity (Wildman–Crippen MR) is 216 cm³/mol. The summed E-state index contributed by atoms with van der Waals surface area (Å²) in [7, 11) is 5.24. The number of hydrogen-bond donors (Lipinski definition) is 0. The van der Waals surface area contributed by atoms with Crippen LogP contribution >= 0.6 is 15.8 Å². The highest BCUT2D eigenvalue weighted by Crippen LogP contribution is 2.48. The summed E-state index contributed by atoms with van der Waals surface area (Å²) in [6.45, 7) is 21.3. The molecule has 1 fully saturated rings. The van der Waals surface area contributed by atoms with Crippen molar-refractivity contribution in [3.8, 4) is 23.0 Å². The largest absolute Gasteiger partial charge is 0.496 e. The molecule has 4 aromatic rings. The Kier molecular flexibility index (Phi) is 12.1. The predicted octanol–water partition coefficient (Wildman–Crippen LogP) is 8.27. The third-order valence-corrected chi connectivity index (χ3v) is 16.0. The van der Waals surface area contributed by atoms with Crippen LogP contribution in [-0.4, -0.2) is 58.8 Å². The first-order chi connectivity index (χ1) is 24.2. The van der Waals surface area contributed by atoms with E-state index in [0.717, 1.165) is 57.6 Å².